The maximum absolute atomic E-state index is 12.9. The molecule has 1 amide bonds. The number of rotatable bonds is 4. The Morgan fingerprint density at radius 1 is 1.37 bits per heavy atom. The Morgan fingerprint density at radius 2 is 2.05 bits per heavy atom. The highest BCUT2D eigenvalue weighted by molar-refractivity contribution is 7.99. The smallest absolute Gasteiger partial charge is 0.234 e. The zero-order chi connectivity index (χ0) is 13.8. The van der Waals surface area contributed by atoms with E-state index >= 15 is 0 Å². The molecular weight excluding hydrogens is 276 g/mol. The summed E-state index contributed by atoms with van der Waals surface area (Å²) < 4.78 is 27.2. The van der Waals surface area contributed by atoms with Gasteiger partial charge in [0.1, 0.15) is 11.6 Å². The van der Waals surface area contributed by atoms with Gasteiger partial charge in [0.15, 0.2) is 0 Å². The number of nitrogens with one attached hydrogen (secondary N) is 1. The van der Waals surface area contributed by atoms with Crippen LogP contribution in [0.3, 0.4) is 0 Å². The van der Waals surface area contributed by atoms with Gasteiger partial charge in [-0.1, -0.05) is 11.8 Å². The molecule has 2 aromatic rings. The van der Waals surface area contributed by atoms with Gasteiger partial charge in [0.25, 0.3) is 0 Å². The molecule has 0 aliphatic heterocycles. The van der Waals surface area contributed by atoms with Crippen LogP contribution in [0.25, 0.3) is 0 Å². The van der Waals surface area contributed by atoms with Gasteiger partial charge in [0, 0.05) is 18.8 Å². The van der Waals surface area contributed by atoms with Crippen molar-refractivity contribution in [3.8, 4) is 0 Å². The Morgan fingerprint density at radius 3 is 2.63 bits per heavy atom. The number of hydrogen-bond acceptors (Lipinski definition) is 5. The molecule has 0 bridgehead atoms. The number of carbonyl (C=O) groups is 1. The number of thioether (sulfide) groups is 1. The maximum Gasteiger partial charge on any atom is 0.234 e. The van der Waals surface area contributed by atoms with E-state index in [9.17, 15) is 13.6 Å². The van der Waals surface area contributed by atoms with Crippen LogP contribution in [0.4, 0.5) is 14.5 Å². The van der Waals surface area contributed by atoms with Crippen molar-refractivity contribution in [2.45, 2.75) is 5.16 Å². The number of anilines is 1. The zero-order valence-corrected chi connectivity index (χ0v) is 10.6. The number of aryl methyl sites for hydroxylation is 1. The van der Waals surface area contributed by atoms with Crippen LogP contribution in [0.5, 0.6) is 0 Å². The van der Waals surface area contributed by atoms with Gasteiger partial charge in [0.2, 0.25) is 11.1 Å². The third kappa shape index (κ3) is 3.71. The van der Waals surface area contributed by atoms with Gasteiger partial charge in [0.05, 0.1) is 5.75 Å². The van der Waals surface area contributed by atoms with Crippen molar-refractivity contribution in [2.75, 3.05) is 11.1 Å². The molecule has 19 heavy (non-hydrogen) atoms. The van der Waals surface area contributed by atoms with Crippen molar-refractivity contribution < 1.29 is 13.6 Å². The Labute approximate surface area is 111 Å². The van der Waals surface area contributed by atoms with E-state index in [4.69, 9.17) is 0 Å². The van der Waals surface area contributed by atoms with E-state index in [0.717, 1.165) is 30.0 Å². The molecule has 0 unspecified atom stereocenters. The van der Waals surface area contributed by atoms with Gasteiger partial charge in [-0.3, -0.25) is 4.79 Å². The number of halogens is 2. The number of amides is 1. The van der Waals surface area contributed by atoms with Gasteiger partial charge < -0.3 is 5.32 Å². The van der Waals surface area contributed by atoms with Gasteiger partial charge in [-0.05, 0) is 22.6 Å². The highest BCUT2D eigenvalue weighted by atomic mass is 32.2. The predicted octanol–water partition coefficient (Wildman–Crippen LogP) is 1.22. The van der Waals surface area contributed by atoms with Gasteiger partial charge in [-0.2, -0.15) is 0 Å². The first-order valence-electron chi connectivity index (χ1n) is 5.15. The summed E-state index contributed by atoms with van der Waals surface area (Å²) in [6.07, 6.45) is 0. The lowest BCUT2D eigenvalue weighted by molar-refractivity contribution is -0.113. The molecule has 0 saturated carbocycles. The normalized spacial score (nSPS) is 10.5. The SMILES string of the molecule is Cn1nnnc1SCC(=O)Nc1cc(F)cc(F)c1. The summed E-state index contributed by atoms with van der Waals surface area (Å²) in [5, 5.41) is 13.6. The summed E-state index contributed by atoms with van der Waals surface area (Å²) in [6, 6.07) is 2.81. The Kier molecular flexibility index (Phi) is 4.05. The number of hydrogen-bond donors (Lipinski definition) is 1. The molecule has 0 aliphatic rings. The van der Waals surface area contributed by atoms with E-state index in [1.165, 1.54) is 4.68 Å². The van der Waals surface area contributed by atoms with Crippen LogP contribution < -0.4 is 5.32 Å². The monoisotopic (exact) mass is 285 g/mol. The molecule has 0 spiro atoms. The Balaban J connectivity index is 1.92. The summed E-state index contributed by atoms with van der Waals surface area (Å²) in [5.74, 6) is -1.87. The summed E-state index contributed by atoms with van der Waals surface area (Å²) in [7, 11) is 1.64. The summed E-state index contributed by atoms with van der Waals surface area (Å²) in [4.78, 5) is 11.6. The number of aromatic nitrogens is 4. The molecule has 1 aromatic heterocycles. The molecule has 0 aliphatic carbocycles. The first-order chi connectivity index (χ1) is 9.04. The Bertz CT molecular complexity index is 583. The van der Waals surface area contributed by atoms with Crippen LogP contribution in [0.1, 0.15) is 0 Å². The highest BCUT2D eigenvalue weighted by Crippen LogP contribution is 2.15. The highest BCUT2D eigenvalue weighted by Gasteiger charge is 2.09. The predicted molar refractivity (Wildman–Crippen MR) is 64.5 cm³/mol. The van der Waals surface area contributed by atoms with Crippen molar-refractivity contribution in [1.82, 2.24) is 20.2 Å². The molecule has 1 aromatic carbocycles. The van der Waals surface area contributed by atoms with Crippen LogP contribution >= 0.6 is 11.8 Å². The van der Waals surface area contributed by atoms with E-state index in [0.29, 0.717) is 5.16 Å². The first-order valence-corrected chi connectivity index (χ1v) is 6.14. The lowest BCUT2D eigenvalue weighted by atomic mass is 10.3. The standard InChI is InChI=1S/C10H9F2N5OS/c1-17-10(14-15-16-17)19-5-9(18)13-8-3-6(11)2-7(12)4-8/h2-4H,5H2,1H3,(H,13,18). The van der Waals surface area contributed by atoms with E-state index in [-0.39, 0.29) is 11.4 Å². The third-order valence-corrected chi connectivity index (χ3v) is 3.07. The largest absolute Gasteiger partial charge is 0.325 e. The van der Waals surface area contributed by atoms with Crippen molar-refractivity contribution in [3.05, 3.63) is 29.8 Å². The summed E-state index contributed by atoms with van der Waals surface area (Å²) >= 11 is 1.12. The van der Waals surface area contributed by atoms with E-state index < -0.39 is 17.5 Å². The van der Waals surface area contributed by atoms with Gasteiger partial charge in [-0.15, -0.1) is 5.10 Å². The fourth-order valence-corrected chi connectivity index (χ4v) is 1.95. The number of nitrogens with zero attached hydrogens (tertiary/aromatic N) is 4. The summed E-state index contributed by atoms with van der Waals surface area (Å²) in [6.45, 7) is 0. The third-order valence-electron chi connectivity index (χ3n) is 2.06. The molecule has 9 heteroatoms. The van der Waals surface area contributed by atoms with E-state index in [1.54, 1.807) is 7.05 Å². The van der Waals surface area contributed by atoms with Crippen molar-refractivity contribution in [3.63, 3.8) is 0 Å². The number of carbonyl (C=O) groups excluding carboxylic acids is 1. The van der Waals surface area contributed by atoms with Crippen LogP contribution in [-0.4, -0.2) is 31.9 Å². The van der Waals surface area contributed by atoms with Crippen LogP contribution in [-0.2, 0) is 11.8 Å². The van der Waals surface area contributed by atoms with Crippen LogP contribution in [0.15, 0.2) is 23.4 Å². The summed E-state index contributed by atoms with van der Waals surface area (Å²) in [5.41, 5.74) is 0.0687. The zero-order valence-electron chi connectivity index (χ0n) is 9.80. The second-order valence-electron chi connectivity index (χ2n) is 3.58. The Hall–Kier alpha value is -2.03. The molecule has 1 N–H and O–H groups in total. The van der Waals surface area contributed by atoms with E-state index in [2.05, 4.69) is 20.8 Å². The molecule has 2 rings (SSSR count). The average Bonchev–Trinajstić information content (AvgIpc) is 2.71. The maximum atomic E-state index is 12.9. The van der Waals surface area contributed by atoms with Crippen molar-refractivity contribution in [2.24, 2.45) is 7.05 Å². The van der Waals surface area contributed by atoms with Crippen LogP contribution in [0.2, 0.25) is 0 Å². The number of benzene rings is 1. The molecule has 6 nitrogen and oxygen atoms in total. The molecule has 0 fully saturated rings. The molecule has 100 valence electrons. The van der Waals surface area contributed by atoms with Gasteiger partial charge in [-0.25, -0.2) is 13.5 Å². The molecule has 0 atom stereocenters. The van der Waals surface area contributed by atoms with Gasteiger partial charge >= 0.3 is 0 Å². The van der Waals surface area contributed by atoms with Crippen molar-refractivity contribution >= 4 is 23.4 Å². The molecule has 0 radical (unpaired) electrons. The molecular formula is C10H9F2N5OS. The first kappa shape index (κ1) is 13.4. The van der Waals surface area contributed by atoms with Crippen LogP contribution in [0, 0.1) is 11.6 Å². The fraction of sp³-hybridized carbons (Fsp3) is 0.200. The minimum Gasteiger partial charge on any atom is -0.325 e. The fourth-order valence-electron chi connectivity index (χ4n) is 1.30. The van der Waals surface area contributed by atoms with Crippen molar-refractivity contribution in [1.29, 1.82) is 0 Å². The average molecular weight is 285 g/mol. The topological polar surface area (TPSA) is 72.7 Å². The molecule has 1 heterocycles. The minimum absolute atomic E-state index is 0.0341. The molecule has 0 saturated heterocycles. The lowest BCUT2D eigenvalue weighted by Gasteiger charge is -2.04. The lowest BCUT2D eigenvalue weighted by Crippen LogP contribution is -2.14. The second kappa shape index (κ2) is 5.74. The van der Waals surface area contributed by atoms with E-state index in [1.807, 2.05) is 0 Å². The number of tetrazole rings is 1. The minimum atomic E-state index is -0.750. The quantitative estimate of drug-likeness (QED) is 0.855. The second-order valence-corrected chi connectivity index (χ2v) is 4.52.